The lowest BCUT2D eigenvalue weighted by Crippen LogP contribution is -2.21. The van der Waals surface area contributed by atoms with Gasteiger partial charge < -0.3 is 11.1 Å². The van der Waals surface area contributed by atoms with Crippen molar-refractivity contribution in [2.24, 2.45) is 0 Å². The molecule has 0 radical (unpaired) electrons. The number of hydrogen-bond acceptors (Lipinski definition) is 3. The largest absolute Gasteiger partial charge is 0.399 e. The highest BCUT2D eigenvalue weighted by molar-refractivity contribution is 5.82. The van der Waals surface area contributed by atoms with Gasteiger partial charge in [-0.3, -0.25) is 0 Å². The number of pyridine rings is 1. The molecule has 4 rings (SSSR count). The fraction of sp³-hybridized carbons (Fsp3) is 0.286. The van der Waals surface area contributed by atoms with Gasteiger partial charge in [-0.25, -0.2) is 4.98 Å². The highest BCUT2D eigenvalue weighted by Gasteiger charge is 2.02. The summed E-state index contributed by atoms with van der Waals surface area (Å²) in [5.41, 5.74) is 10.8. The predicted octanol–water partition coefficient (Wildman–Crippen LogP) is 4.55. The molecule has 1 fully saturated rings. The van der Waals surface area contributed by atoms with Crippen molar-refractivity contribution in [3.63, 3.8) is 0 Å². The Hall–Kier alpha value is -2.39. The molecule has 2 aromatic carbocycles. The summed E-state index contributed by atoms with van der Waals surface area (Å²) in [6.07, 6.45) is 4.22. The van der Waals surface area contributed by atoms with E-state index in [4.69, 9.17) is 5.73 Å². The number of nitrogens with one attached hydrogen (secondary N) is 1. The second-order valence-corrected chi connectivity index (χ2v) is 6.33. The number of nitrogens with zero attached hydrogens (tertiary/aromatic N) is 1. The van der Waals surface area contributed by atoms with Gasteiger partial charge in [0.1, 0.15) is 0 Å². The number of rotatable bonds is 1. The number of aromatic nitrogens is 1. The Morgan fingerprint density at radius 2 is 1.75 bits per heavy atom. The predicted molar refractivity (Wildman–Crippen MR) is 103 cm³/mol. The van der Waals surface area contributed by atoms with Crippen LogP contribution in [0, 0.1) is 6.92 Å². The molecule has 0 amide bonds. The molecule has 3 heteroatoms. The van der Waals surface area contributed by atoms with Crippen LogP contribution in [0.15, 0.2) is 54.6 Å². The number of piperidine rings is 1. The zero-order valence-corrected chi connectivity index (χ0v) is 14.3. The number of aryl methyl sites for hydroxylation is 1. The topological polar surface area (TPSA) is 50.9 Å². The fourth-order valence-corrected chi connectivity index (χ4v) is 2.91. The van der Waals surface area contributed by atoms with Crippen LogP contribution in [0.4, 0.5) is 5.69 Å². The maximum Gasteiger partial charge on any atom is 0.0710 e. The molecule has 3 nitrogen and oxygen atoms in total. The van der Waals surface area contributed by atoms with Crippen LogP contribution in [-0.2, 0) is 0 Å². The van der Waals surface area contributed by atoms with Crippen molar-refractivity contribution in [1.82, 2.24) is 10.3 Å². The molecule has 2 heterocycles. The third-order valence-electron chi connectivity index (χ3n) is 4.23. The van der Waals surface area contributed by atoms with Gasteiger partial charge in [0.25, 0.3) is 0 Å². The van der Waals surface area contributed by atoms with Gasteiger partial charge >= 0.3 is 0 Å². The Balaban J connectivity index is 0.000000238. The first kappa shape index (κ1) is 16.5. The molecule has 1 aliphatic rings. The molecule has 0 bridgehead atoms. The van der Waals surface area contributed by atoms with Crippen LogP contribution in [-0.4, -0.2) is 18.1 Å². The van der Waals surface area contributed by atoms with E-state index in [1.807, 2.05) is 30.3 Å². The molecule has 1 saturated heterocycles. The minimum absolute atomic E-state index is 0.762. The highest BCUT2D eigenvalue weighted by atomic mass is 14.9. The molecule has 0 saturated carbocycles. The number of anilines is 1. The van der Waals surface area contributed by atoms with Crippen molar-refractivity contribution in [2.75, 3.05) is 18.8 Å². The Labute approximate surface area is 143 Å². The number of benzene rings is 2. The van der Waals surface area contributed by atoms with E-state index in [2.05, 4.69) is 41.5 Å². The third-order valence-corrected chi connectivity index (χ3v) is 4.23. The van der Waals surface area contributed by atoms with E-state index in [-0.39, 0.29) is 0 Å². The van der Waals surface area contributed by atoms with Crippen LogP contribution in [0.3, 0.4) is 0 Å². The molecule has 0 spiro atoms. The van der Waals surface area contributed by atoms with E-state index in [0.29, 0.717) is 0 Å². The zero-order chi connectivity index (χ0) is 16.8. The van der Waals surface area contributed by atoms with Crippen molar-refractivity contribution in [3.8, 4) is 11.3 Å². The summed E-state index contributed by atoms with van der Waals surface area (Å²) < 4.78 is 0. The molecule has 124 valence electrons. The van der Waals surface area contributed by atoms with Crippen molar-refractivity contribution in [2.45, 2.75) is 26.2 Å². The second-order valence-electron chi connectivity index (χ2n) is 6.33. The van der Waals surface area contributed by atoms with Crippen LogP contribution >= 0.6 is 0 Å². The first-order chi connectivity index (χ1) is 11.7. The minimum atomic E-state index is 0.762. The van der Waals surface area contributed by atoms with Crippen LogP contribution in [0.25, 0.3) is 22.2 Å². The zero-order valence-electron chi connectivity index (χ0n) is 14.3. The average molecular weight is 319 g/mol. The van der Waals surface area contributed by atoms with Gasteiger partial charge in [-0.1, -0.05) is 36.2 Å². The van der Waals surface area contributed by atoms with Crippen molar-refractivity contribution >= 4 is 16.6 Å². The minimum Gasteiger partial charge on any atom is -0.399 e. The van der Waals surface area contributed by atoms with Crippen LogP contribution in [0.1, 0.15) is 24.8 Å². The van der Waals surface area contributed by atoms with Gasteiger partial charge in [-0.2, -0.15) is 0 Å². The molecule has 3 aromatic rings. The Morgan fingerprint density at radius 3 is 2.42 bits per heavy atom. The Bertz CT molecular complexity index is 796. The maximum atomic E-state index is 5.80. The molecule has 1 aromatic heterocycles. The van der Waals surface area contributed by atoms with Crippen LogP contribution < -0.4 is 11.1 Å². The second kappa shape index (κ2) is 7.93. The third kappa shape index (κ3) is 4.33. The van der Waals surface area contributed by atoms with Crippen LogP contribution in [0.5, 0.6) is 0 Å². The molecule has 1 aliphatic heterocycles. The lowest BCUT2D eigenvalue weighted by Gasteiger charge is -2.08. The molecule has 0 atom stereocenters. The van der Waals surface area contributed by atoms with Gasteiger partial charge in [0.15, 0.2) is 0 Å². The lowest BCUT2D eigenvalue weighted by molar-refractivity contribution is 0.520. The molecular formula is C21H25N3. The standard InChI is InChI=1S/C16H14N2.C5H11N/c1-11-5-7-15-13(9-11)6-8-16(18-15)12-3-2-4-14(17)10-12;1-2-4-6-5-3-1/h2-10H,17H2,1H3;6H,1-5H2. The summed E-state index contributed by atoms with van der Waals surface area (Å²) in [5, 5.41) is 4.45. The molecule has 3 N–H and O–H groups in total. The van der Waals surface area contributed by atoms with Gasteiger partial charge in [0.2, 0.25) is 0 Å². The summed E-state index contributed by atoms with van der Waals surface area (Å²) in [6, 6.07) is 18.2. The SMILES string of the molecule is C1CCNCC1.Cc1ccc2nc(-c3cccc(N)c3)ccc2c1. The average Bonchev–Trinajstić information content (AvgIpc) is 2.63. The van der Waals surface area contributed by atoms with Gasteiger partial charge in [0.05, 0.1) is 11.2 Å². The summed E-state index contributed by atoms with van der Waals surface area (Å²) >= 11 is 0. The lowest BCUT2D eigenvalue weighted by atomic mass is 10.1. The smallest absolute Gasteiger partial charge is 0.0710 e. The molecule has 0 unspecified atom stereocenters. The van der Waals surface area contributed by atoms with Crippen molar-refractivity contribution in [3.05, 3.63) is 60.2 Å². The molecule has 0 aliphatic carbocycles. The monoisotopic (exact) mass is 319 g/mol. The summed E-state index contributed by atoms with van der Waals surface area (Å²) in [5.74, 6) is 0. The Morgan fingerprint density at radius 1 is 0.917 bits per heavy atom. The van der Waals surface area contributed by atoms with Crippen molar-refractivity contribution < 1.29 is 0 Å². The van der Waals surface area contributed by atoms with Gasteiger partial charge in [0, 0.05) is 16.6 Å². The van der Waals surface area contributed by atoms with Crippen molar-refractivity contribution in [1.29, 1.82) is 0 Å². The number of nitrogen functional groups attached to an aromatic ring is 1. The number of hydrogen-bond donors (Lipinski definition) is 2. The van der Waals surface area contributed by atoms with E-state index in [1.54, 1.807) is 0 Å². The quantitative estimate of drug-likeness (QED) is 0.647. The van der Waals surface area contributed by atoms with Gasteiger partial charge in [-0.15, -0.1) is 0 Å². The normalized spacial score (nSPS) is 14.0. The molecular weight excluding hydrogens is 294 g/mol. The Kier molecular flexibility index (Phi) is 5.44. The van der Waals surface area contributed by atoms with Crippen LogP contribution in [0.2, 0.25) is 0 Å². The maximum absolute atomic E-state index is 5.80. The highest BCUT2D eigenvalue weighted by Crippen LogP contribution is 2.23. The fourth-order valence-electron chi connectivity index (χ4n) is 2.91. The van der Waals surface area contributed by atoms with Gasteiger partial charge in [-0.05, 0) is 63.2 Å². The first-order valence-corrected chi connectivity index (χ1v) is 8.66. The number of nitrogens with two attached hydrogens (primary N) is 1. The van der Waals surface area contributed by atoms with E-state index >= 15 is 0 Å². The molecule has 24 heavy (non-hydrogen) atoms. The summed E-state index contributed by atoms with van der Waals surface area (Å²) in [6.45, 7) is 4.59. The van der Waals surface area contributed by atoms with E-state index < -0.39 is 0 Å². The first-order valence-electron chi connectivity index (χ1n) is 8.66. The summed E-state index contributed by atoms with van der Waals surface area (Å²) in [7, 11) is 0. The summed E-state index contributed by atoms with van der Waals surface area (Å²) in [4.78, 5) is 4.67. The van der Waals surface area contributed by atoms with E-state index in [1.165, 1.54) is 43.3 Å². The number of fused-ring (bicyclic) bond motifs is 1. The van der Waals surface area contributed by atoms with E-state index in [0.717, 1.165) is 22.5 Å². The van der Waals surface area contributed by atoms with E-state index in [9.17, 15) is 0 Å².